The molecule has 0 rings (SSSR count). The lowest BCUT2D eigenvalue weighted by Crippen LogP contribution is -2.51. The van der Waals surface area contributed by atoms with Crippen LogP contribution >= 0.6 is 0 Å². The zero-order valence-electron chi connectivity index (χ0n) is 32.4. The third-order valence-corrected chi connectivity index (χ3v) is 10.0. The highest BCUT2D eigenvalue weighted by Crippen LogP contribution is 2.16. The Bertz CT molecular complexity index is 676. The van der Waals surface area contributed by atoms with Crippen molar-refractivity contribution in [1.82, 2.24) is 0 Å². The van der Waals surface area contributed by atoms with E-state index in [-0.39, 0.29) is 5.97 Å². The lowest BCUT2D eigenvalue weighted by atomic mass is 10.1. The highest BCUT2D eigenvalue weighted by Gasteiger charge is 2.27. The van der Waals surface area contributed by atoms with Gasteiger partial charge in [-0.2, -0.15) is 0 Å². The van der Waals surface area contributed by atoms with E-state index in [4.69, 9.17) is 4.74 Å². The first-order valence-electron chi connectivity index (χ1n) is 19.7. The van der Waals surface area contributed by atoms with Crippen LogP contribution in [0.4, 0.5) is 0 Å². The number of nitrogens with zero attached hydrogens (tertiary/aromatic N) is 3. The minimum Gasteiger partial charge on any atom is -0.412 e. The summed E-state index contributed by atoms with van der Waals surface area (Å²) in [7, 11) is 11.9. The van der Waals surface area contributed by atoms with Crippen molar-refractivity contribution in [2.45, 2.75) is 162 Å². The quantitative estimate of drug-likeness (QED) is 0.0235. The summed E-state index contributed by atoms with van der Waals surface area (Å²) in [6.07, 6.45) is 30.2. The molecule has 268 valence electrons. The van der Waals surface area contributed by atoms with Crippen LogP contribution in [-0.2, 0) is 9.53 Å². The van der Waals surface area contributed by atoms with Crippen LogP contribution in [0.2, 0.25) is 0 Å². The Morgan fingerprint density at radius 2 is 0.756 bits per heavy atom. The summed E-state index contributed by atoms with van der Waals surface area (Å²) in [5, 5.41) is 0. The van der Waals surface area contributed by atoms with Gasteiger partial charge in [0.15, 0.2) is 0 Å². The Labute approximate surface area is 283 Å². The Hall–Kier alpha value is -0.910. The monoisotopic (exact) mass is 639 g/mol. The Morgan fingerprint density at radius 1 is 0.467 bits per heavy atom. The van der Waals surface area contributed by atoms with Gasteiger partial charge < -0.3 is 13.7 Å². The van der Waals surface area contributed by atoms with Gasteiger partial charge >= 0.3 is 5.97 Å². The minimum atomic E-state index is -0.256. The molecule has 0 N–H and O–H groups in total. The van der Waals surface area contributed by atoms with Gasteiger partial charge in [-0.15, -0.1) is 0 Å². The van der Waals surface area contributed by atoms with Crippen LogP contribution in [0.15, 0.2) is 12.2 Å². The molecule has 0 atom stereocenters. The molecule has 0 aliphatic heterocycles. The largest absolute Gasteiger partial charge is 0.412 e. The first-order chi connectivity index (χ1) is 21.4. The maximum Gasteiger partial charge on any atom is 0.337 e. The van der Waals surface area contributed by atoms with Gasteiger partial charge in [-0.25, -0.2) is 4.79 Å². The molecule has 0 aromatic carbocycles. The summed E-state index contributed by atoms with van der Waals surface area (Å²) < 4.78 is 8.71. The van der Waals surface area contributed by atoms with E-state index in [2.05, 4.69) is 55.7 Å². The average Bonchev–Trinajstić information content (AvgIpc) is 2.97. The van der Waals surface area contributed by atoms with Crippen molar-refractivity contribution in [2.24, 2.45) is 0 Å². The summed E-state index contributed by atoms with van der Waals surface area (Å²) in [6, 6.07) is 0. The first-order valence-corrected chi connectivity index (χ1v) is 19.7. The van der Waals surface area contributed by atoms with Gasteiger partial charge in [0.1, 0.15) is 0 Å². The number of hydrogen-bond donors (Lipinski definition) is 0. The summed E-state index contributed by atoms with van der Waals surface area (Å²) in [5.41, 5.74) is 0.491. The molecule has 0 saturated carbocycles. The summed E-state index contributed by atoms with van der Waals surface area (Å²) >= 11 is 0. The number of carbonyl (C=O) groups is 1. The topological polar surface area (TPSA) is 26.3 Å². The molecule has 5 nitrogen and oxygen atoms in total. The zero-order valence-corrected chi connectivity index (χ0v) is 32.4. The number of carbonyl (C=O) groups excluding carboxylic acids is 1. The number of rotatable bonds is 33. The molecule has 0 aromatic rings. The van der Waals surface area contributed by atoms with Crippen molar-refractivity contribution in [1.29, 1.82) is 0 Å². The van der Waals surface area contributed by atoms with Gasteiger partial charge in [0.25, 0.3) is 0 Å². The molecule has 0 heterocycles. The van der Waals surface area contributed by atoms with Crippen LogP contribution in [0.5, 0.6) is 0 Å². The van der Waals surface area contributed by atoms with Crippen LogP contribution in [0.3, 0.4) is 0 Å². The van der Waals surface area contributed by atoms with Crippen LogP contribution in [0.25, 0.3) is 0 Å². The fourth-order valence-electron chi connectivity index (χ4n) is 6.62. The highest BCUT2D eigenvalue weighted by atomic mass is 16.5. The van der Waals surface area contributed by atoms with Crippen molar-refractivity contribution in [2.75, 3.05) is 81.2 Å². The van der Waals surface area contributed by atoms with E-state index in [9.17, 15) is 4.79 Å². The molecule has 0 aromatic heterocycles. The molecule has 5 heteroatoms. The van der Waals surface area contributed by atoms with E-state index >= 15 is 0 Å². The molecular weight excluding hydrogens is 554 g/mol. The number of esters is 1. The smallest absolute Gasteiger partial charge is 0.337 e. The SMILES string of the molecule is C=C(C)C(=O)OC[N+](C)(CCC[N+](C)(C)CCCCCCCCCCCC)CCC[N+](C)(C)CCCCCCCCCCCC. The molecule has 0 aliphatic carbocycles. The molecule has 45 heavy (non-hydrogen) atoms. The summed E-state index contributed by atoms with van der Waals surface area (Å²) in [6.45, 7) is 17.6. The van der Waals surface area contributed by atoms with Crippen LogP contribution < -0.4 is 0 Å². The number of quaternary nitrogens is 3. The summed E-state index contributed by atoms with van der Waals surface area (Å²) in [5.74, 6) is -0.256. The predicted molar refractivity (Wildman–Crippen MR) is 198 cm³/mol. The lowest BCUT2D eigenvalue weighted by Gasteiger charge is -2.37. The third kappa shape index (κ3) is 27.9. The van der Waals surface area contributed by atoms with Crippen LogP contribution in [0.1, 0.15) is 162 Å². The predicted octanol–water partition coefficient (Wildman–Crippen LogP) is 10.3. The van der Waals surface area contributed by atoms with Gasteiger partial charge in [0, 0.05) is 18.4 Å². The Balaban J connectivity index is 4.46. The molecule has 0 fully saturated rings. The van der Waals surface area contributed by atoms with E-state index in [1.54, 1.807) is 6.92 Å². The molecular formula is C40H84N3O2+3. The van der Waals surface area contributed by atoms with Crippen molar-refractivity contribution in [3.8, 4) is 0 Å². The second kappa shape index (κ2) is 27.1. The molecule has 0 radical (unpaired) electrons. The first kappa shape index (κ1) is 44.1. The van der Waals surface area contributed by atoms with Gasteiger partial charge in [0.2, 0.25) is 6.73 Å². The average molecular weight is 639 g/mol. The Kier molecular flexibility index (Phi) is 26.5. The van der Waals surface area contributed by atoms with Crippen LogP contribution in [-0.4, -0.2) is 101 Å². The molecule has 0 unspecified atom stereocenters. The molecule has 0 saturated heterocycles. The fourth-order valence-corrected chi connectivity index (χ4v) is 6.62. The second-order valence-electron chi connectivity index (χ2n) is 16.2. The number of ether oxygens (including phenoxy) is 1. The molecule has 0 aliphatic rings. The molecule has 0 spiro atoms. The maximum atomic E-state index is 12.3. The minimum absolute atomic E-state index is 0.256. The second-order valence-corrected chi connectivity index (χ2v) is 16.2. The van der Waals surface area contributed by atoms with E-state index in [0.717, 1.165) is 39.4 Å². The van der Waals surface area contributed by atoms with E-state index in [1.807, 2.05) is 0 Å². The van der Waals surface area contributed by atoms with E-state index < -0.39 is 0 Å². The number of unbranched alkanes of at least 4 members (excludes halogenated alkanes) is 18. The third-order valence-electron chi connectivity index (χ3n) is 10.0. The van der Waals surface area contributed by atoms with Crippen molar-refractivity contribution < 1.29 is 23.0 Å². The van der Waals surface area contributed by atoms with Gasteiger partial charge in [-0.1, -0.05) is 123 Å². The van der Waals surface area contributed by atoms with Gasteiger partial charge in [0.05, 0.1) is 74.5 Å². The van der Waals surface area contributed by atoms with E-state index in [0.29, 0.717) is 12.3 Å². The van der Waals surface area contributed by atoms with E-state index in [1.165, 1.54) is 155 Å². The molecule has 0 amide bonds. The fraction of sp³-hybridized carbons (Fsp3) is 0.925. The van der Waals surface area contributed by atoms with Crippen molar-refractivity contribution in [3.63, 3.8) is 0 Å². The van der Waals surface area contributed by atoms with Gasteiger partial charge in [-0.05, 0) is 32.6 Å². The zero-order chi connectivity index (χ0) is 33.9. The van der Waals surface area contributed by atoms with Gasteiger partial charge in [-0.3, -0.25) is 4.48 Å². The highest BCUT2D eigenvalue weighted by molar-refractivity contribution is 5.86. The van der Waals surface area contributed by atoms with Crippen LogP contribution in [0, 0.1) is 0 Å². The molecule has 0 bridgehead atoms. The standard InChI is InChI=1S/C40H84N3O2/c1-10-12-14-16-18-20-22-24-26-28-32-41(5,6)34-30-36-43(9,38-45-40(44)39(3)4)37-31-35-42(7,8)33-29-27-25-23-21-19-17-15-13-11-2/h3,10-38H2,1-2,4-9H3/q+3. The number of hydrogen-bond acceptors (Lipinski definition) is 2. The Morgan fingerprint density at radius 3 is 1.07 bits per heavy atom. The van der Waals surface area contributed by atoms with Crippen molar-refractivity contribution in [3.05, 3.63) is 12.2 Å². The maximum absolute atomic E-state index is 12.3. The van der Waals surface area contributed by atoms with Crippen molar-refractivity contribution >= 4 is 5.97 Å². The normalized spacial score (nSPS) is 12.5. The summed E-state index contributed by atoms with van der Waals surface area (Å²) in [4.78, 5) is 12.3. The lowest BCUT2D eigenvalue weighted by molar-refractivity contribution is -0.939.